The predicted molar refractivity (Wildman–Crippen MR) is 130 cm³/mol. The van der Waals surface area contributed by atoms with Crippen molar-refractivity contribution >= 4 is 40.5 Å². The lowest BCUT2D eigenvalue weighted by Gasteiger charge is -2.11. The molecule has 1 heterocycles. The van der Waals surface area contributed by atoms with Crippen molar-refractivity contribution in [1.82, 2.24) is 15.5 Å². The van der Waals surface area contributed by atoms with Gasteiger partial charge in [-0.3, -0.25) is 4.79 Å². The minimum Gasteiger partial charge on any atom is -0.384 e. The summed E-state index contributed by atoms with van der Waals surface area (Å²) < 4.78 is 0. The van der Waals surface area contributed by atoms with Gasteiger partial charge in [0.2, 0.25) is 0 Å². The molecule has 2 aromatic carbocycles. The van der Waals surface area contributed by atoms with E-state index in [1.165, 1.54) is 0 Å². The third-order valence-corrected chi connectivity index (χ3v) is 5.04. The van der Waals surface area contributed by atoms with E-state index in [9.17, 15) is 4.79 Å². The second kappa shape index (κ2) is 11.7. The van der Waals surface area contributed by atoms with Gasteiger partial charge in [0.1, 0.15) is 0 Å². The van der Waals surface area contributed by atoms with Gasteiger partial charge in [-0.25, -0.2) is 5.10 Å². The Morgan fingerprint density at radius 1 is 1.10 bits per heavy atom. The van der Waals surface area contributed by atoms with E-state index >= 15 is 0 Å². The van der Waals surface area contributed by atoms with Crippen LogP contribution in [0.1, 0.15) is 26.2 Å². The number of hydrogen-bond donors (Lipinski definition) is 3. The summed E-state index contributed by atoms with van der Waals surface area (Å²) in [5, 5.41) is 15.8. The first-order valence-corrected chi connectivity index (χ1v) is 10.3. The fourth-order valence-corrected chi connectivity index (χ4v) is 3.40. The van der Waals surface area contributed by atoms with Crippen molar-refractivity contribution in [1.29, 1.82) is 0 Å². The average molecular weight is 447 g/mol. The van der Waals surface area contributed by atoms with Gasteiger partial charge in [0.25, 0.3) is 5.56 Å². The smallest absolute Gasteiger partial charge is 0.272 e. The molecule has 0 radical (unpaired) electrons. The molecule has 0 aliphatic heterocycles. The predicted octanol–water partition coefficient (Wildman–Crippen LogP) is 5.41. The van der Waals surface area contributed by atoms with Gasteiger partial charge in [-0.05, 0) is 44.5 Å². The summed E-state index contributed by atoms with van der Waals surface area (Å²) in [6, 6.07) is 13.3. The highest BCUT2D eigenvalue weighted by Crippen LogP contribution is 2.30. The van der Waals surface area contributed by atoms with Crippen LogP contribution in [0.2, 0.25) is 5.02 Å². The highest BCUT2D eigenvalue weighted by atomic mass is 35.5. The number of anilines is 1. The van der Waals surface area contributed by atoms with Crippen LogP contribution in [0.4, 0.5) is 5.69 Å². The number of rotatable bonds is 10. The van der Waals surface area contributed by atoms with Crippen LogP contribution in [-0.2, 0) is 0 Å². The first-order chi connectivity index (χ1) is 14.1. The second-order valence-corrected chi connectivity index (χ2v) is 7.67. The highest BCUT2D eigenvalue weighted by Gasteiger charge is 2.10. The molecule has 1 aromatic heterocycles. The van der Waals surface area contributed by atoms with Gasteiger partial charge >= 0.3 is 0 Å². The summed E-state index contributed by atoms with van der Waals surface area (Å²) in [5.74, 6) is 0. The molecule has 0 bridgehead atoms. The van der Waals surface area contributed by atoms with Gasteiger partial charge in [-0.1, -0.05) is 54.4 Å². The van der Waals surface area contributed by atoms with E-state index in [0.29, 0.717) is 10.4 Å². The third-order valence-electron chi connectivity index (χ3n) is 4.71. The maximum atomic E-state index is 12.0. The summed E-state index contributed by atoms with van der Waals surface area (Å²) in [5.41, 5.74) is 3.50. The molecule has 3 rings (SSSR count). The Morgan fingerprint density at radius 3 is 2.60 bits per heavy atom. The topological polar surface area (TPSA) is 69.8 Å². The number of hydrogen-bond acceptors (Lipinski definition) is 4. The zero-order valence-electron chi connectivity index (χ0n) is 17.1. The first kappa shape index (κ1) is 23.9. The van der Waals surface area contributed by atoms with Gasteiger partial charge in [0.15, 0.2) is 0 Å². The summed E-state index contributed by atoms with van der Waals surface area (Å²) >= 11 is 6.38. The molecule has 0 saturated carbocycles. The van der Waals surface area contributed by atoms with E-state index in [4.69, 9.17) is 11.6 Å². The Morgan fingerprint density at radius 2 is 1.83 bits per heavy atom. The van der Waals surface area contributed by atoms with Crippen molar-refractivity contribution in [2.24, 2.45) is 0 Å². The number of benzene rings is 2. The maximum Gasteiger partial charge on any atom is 0.272 e. The number of aromatic nitrogens is 2. The normalized spacial score (nSPS) is 10.6. The van der Waals surface area contributed by atoms with Crippen LogP contribution in [0.25, 0.3) is 22.0 Å². The van der Waals surface area contributed by atoms with Gasteiger partial charge < -0.3 is 10.6 Å². The van der Waals surface area contributed by atoms with E-state index < -0.39 is 0 Å². The fourth-order valence-electron chi connectivity index (χ4n) is 3.22. The number of fused-ring (bicyclic) bond motifs is 1. The van der Waals surface area contributed by atoms with Crippen molar-refractivity contribution < 1.29 is 0 Å². The number of halogens is 2. The van der Waals surface area contributed by atoms with Crippen molar-refractivity contribution in [3.05, 3.63) is 70.0 Å². The van der Waals surface area contributed by atoms with Crippen molar-refractivity contribution in [3.8, 4) is 11.3 Å². The van der Waals surface area contributed by atoms with Crippen molar-refractivity contribution in [2.45, 2.75) is 26.2 Å². The lowest BCUT2D eigenvalue weighted by atomic mass is 10.0. The molecular weight excluding hydrogens is 419 g/mol. The Balaban J connectivity index is 0.00000320. The molecule has 3 aromatic rings. The number of unbranched alkanes of at least 4 members (excludes halogenated alkanes) is 2. The minimum atomic E-state index is -0.186. The zero-order chi connectivity index (χ0) is 20.6. The number of H-pyrrole nitrogens is 1. The van der Waals surface area contributed by atoms with E-state index in [-0.39, 0.29) is 18.0 Å². The van der Waals surface area contributed by atoms with Gasteiger partial charge in [-0.15, -0.1) is 12.4 Å². The molecule has 3 N–H and O–H groups in total. The SMILES string of the molecule is C=C(C)CNCCCCCNc1cc(-c2n[nH]c(=O)c3ccccc23)ccc1Cl.Cl. The van der Waals surface area contributed by atoms with E-state index in [0.717, 1.165) is 66.8 Å². The molecule has 0 atom stereocenters. The molecule has 0 amide bonds. The summed E-state index contributed by atoms with van der Waals surface area (Å²) in [4.78, 5) is 12.0. The van der Waals surface area contributed by atoms with Crippen LogP contribution in [0.3, 0.4) is 0 Å². The van der Waals surface area contributed by atoms with E-state index in [1.54, 1.807) is 6.07 Å². The number of nitrogens with one attached hydrogen (secondary N) is 3. The van der Waals surface area contributed by atoms with Gasteiger partial charge in [0, 0.05) is 24.0 Å². The van der Waals surface area contributed by atoms with E-state index in [1.807, 2.05) is 43.3 Å². The monoisotopic (exact) mass is 446 g/mol. The highest BCUT2D eigenvalue weighted by molar-refractivity contribution is 6.33. The van der Waals surface area contributed by atoms with Crippen molar-refractivity contribution in [2.75, 3.05) is 25.0 Å². The number of aromatic amines is 1. The van der Waals surface area contributed by atoms with Gasteiger partial charge in [-0.2, -0.15) is 5.10 Å². The molecular formula is C23H28Cl2N4O. The van der Waals surface area contributed by atoms with Gasteiger partial charge in [0.05, 0.1) is 21.8 Å². The van der Waals surface area contributed by atoms with Crippen molar-refractivity contribution in [3.63, 3.8) is 0 Å². The van der Waals surface area contributed by atoms with E-state index in [2.05, 4.69) is 27.4 Å². The maximum absolute atomic E-state index is 12.0. The summed E-state index contributed by atoms with van der Waals surface area (Å²) in [6.45, 7) is 8.66. The molecule has 30 heavy (non-hydrogen) atoms. The molecule has 0 fully saturated rings. The molecule has 0 unspecified atom stereocenters. The molecule has 0 spiro atoms. The van der Waals surface area contributed by atoms with Crippen LogP contribution in [0.15, 0.2) is 59.4 Å². The lowest BCUT2D eigenvalue weighted by Crippen LogP contribution is -2.17. The Kier molecular flexibility index (Phi) is 9.37. The lowest BCUT2D eigenvalue weighted by molar-refractivity contribution is 0.632. The zero-order valence-corrected chi connectivity index (χ0v) is 18.7. The number of nitrogens with zero attached hydrogens (tertiary/aromatic N) is 1. The molecule has 0 saturated heterocycles. The van der Waals surface area contributed by atoms with Crippen LogP contribution >= 0.6 is 24.0 Å². The Labute approximate surface area is 188 Å². The first-order valence-electron chi connectivity index (χ1n) is 9.92. The third kappa shape index (κ3) is 6.33. The average Bonchev–Trinajstić information content (AvgIpc) is 2.72. The van der Waals surface area contributed by atoms with Crippen LogP contribution in [0, 0.1) is 0 Å². The Bertz CT molecular complexity index is 1050. The molecule has 0 aliphatic carbocycles. The quantitative estimate of drug-likeness (QED) is 0.287. The fraction of sp³-hybridized carbons (Fsp3) is 0.304. The molecule has 7 heteroatoms. The minimum absolute atomic E-state index is 0. The van der Waals surface area contributed by atoms with Crippen LogP contribution < -0.4 is 16.2 Å². The van der Waals surface area contributed by atoms with Crippen LogP contribution in [-0.4, -0.2) is 29.8 Å². The summed E-state index contributed by atoms with van der Waals surface area (Å²) in [7, 11) is 0. The second-order valence-electron chi connectivity index (χ2n) is 7.26. The van der Waals surface area contributed by atoms with Crippen LogP contribution in [0.5, 0.6) is 0 Å². The molecule has 0 aliphatic rings. The Hall–Kier alpha value is -2.34. The largest absolute Gasteiger partial charge is 0.384 e. The standard InChI is InChI=1S/C23H27ClN4O.ClH/c1-16(2)15-25-12-6-3-7-13-26-21-14-17(10-11-20(21)24)22-18-8-4-5-9-19(18)23(29)28-27-22;/h4-5,8-11,14,25-26H,1,3,6-7,12-13,15H2,2H3,(H,28,29);1H. The molecule has 5 nitrogen and oxygen atoms in total. The molecule has 160 valence electrons. The summed E-state index contributed by atoms with van der Waals surface area (Å²) in [6.07, 6.45) is 3.34.